The van der Waals surface area contributed by atoms with Gasteiger partial charge in [0.15, 0.2) is 0 Å². The van der Waals surface area contributed by atoms with Crippen LogP contribution in [0.2, 0.25) is 0 Å². The normalized spacial score (nSPS) is 23.7. The molecule has 100 valence electrons. The van der Waals surface area contributed by atoms with Crippen molar-refractivity contribution >= 4 is 11.6 Å². The minimum absolute atomic E-state index is 0.614. The largest absolute Gasteiger partial charge is 0.370 e. The van der Waals surface area contributed by atoms with Gasteiger partial charge in [-0.2, -0.15) is 0 Å². The summed E-state index contributed by atoms with van der Waals surface area (Å²) in [6.07, 6.45) is 6.97. The van der Waals surface area contributed by atoms with Crippen molar-refractivity contribution < 1.29 is 0 Å². The highest BCUT2D eigenvalue weighted by molar-refractivity contribution is 5.48. The van der Waals surface area contributed by atoms with Crippen LogP contribution in [0.1, 0.15) is 39.5 Å². The summed E-state index contributed by atoms with van der Waals surface area (Å²) in [6, 6.07) is 2.66. The zero-order valence-corrected chi connectivity index (χ0v) is 11.7. The number of rotatable bonds is 4. The first-order chi connectivity index (χ1) is 8.72. The molecule has 0 saturated heterocycles. The summed E-state index contributed by atoms with van der Waals surface area (Å²) >= 11 is 0. The highest BCUT2D eigenvalue weighted by atomic mass is 15.2. The number of hydrogen-bond donors (Lipinski definition) is 1. The van der Waals surface area contributed by atoms with Gasteiger partial charge in [0.1, 0.15) is 18.0 Å². The predicted molar refractivity (Wildman–Crippen MR) is 76.0 cm³/mol. The number of aromatic nitrogens is 2. The second kappa shape index (κ2) is 6.03. The van der Waals surface area contributed by atoms with Gasteiger partial charge in [-0.1, -0.05) is 19.8 Å². The van der Waals surface area contributed by atoms with Gasteiger partial charge in [-0.05, 0) is 25.7 Å². The molecule has 2 atom stereocenters. The number of anilines is 2. The van der Waals surface area contributed by atoms with Gasteiger partial charge < -0.3 is 10.2 Å². The van der Waals surface area contributed by atoms with Crippen molar-refractivity contribution in [2.24, 2.45) is 5.92 Å². The third kappa shape index (κ3) is 2.92. The van der Waals surface area contributed by atoms with Crippen LogP contribution >= 0.6 is 0 Å². The van der Waals surface area contributed by atoms with Gasteiger partial charge in [-0.3, -0.25) is 0 Å². The van der Waals surface area contributed by atoms with Crippen molar-refractivity contribution in [2.45, 2.75) is 45.6 Å². The fraction of sp³-hybridized carbons (Fsp3) is 0.714. The molecule has 0 bridgehead atoms. The summed E-state index contributed by atoms with van der Waals surface area (Å²) in [5, 5.41) is 3.24. The van der Waals surface area contributed by atoms with Gasteiger partial charge in [0, 0.05) is 25.7 Å². The van der Waals surface area contributed by atoms with E-state index in [0.717, 1.165) is 24.1 Å². The van der Waals surface area contributed by atoms with Crippen molar-refractivity contribution in [2.75, 3.05) is 23.8 Å². The smallest absolute Gasteiger partial charge is 0.134 e. The molecular weight excluding hydrogens is 224 g/mol. The lowest BCUT2D eigenvalue weighted by Gasteiger charge is -2.37. The molecule has 1 heterocycles. The lowest BCUT2D eigenvalue weighted by Crippen LogP contribution is -2.39. The lowest BCUT2D eigenvalue weighted by atomic mass is 9.85. The van der Waals surface area contributed by atoms with Gasteiger partial charge in [-0.15, -0.1) is 0 Å². The molecule has 2 rings (SSSR count). The van der Waals surface area contributed by atoms with Crippen LogP contribution in [0, 0.1) is 5.92 Å². The Hall–Kier alpha value is -1.32. The van der Waals surface area contributed by atoms with Crippen LogP contribution < -0.4 is 10.2 Å². The molecular formula is C14H24N4. The van der Waals surface area contributed by atoms with E-state index >= 15 is 0 Å². The van der Waals surface area contributed by atoms with Crippen LogP contribution in [0.5, 0.6) is 0 Å². The number of nitrogens with one attached hydrogen (secondary N) is 1. The molecule has 1 aromatic rings. The van der Waals surface area contributed by atoms with E-state index in [4.69, 9.17) is 0 Å². The lowest BCUT2D eigenvalue weighted by molar-refractivity contribution is 0.320. The molecule has 1 saturated carbocycles. The molecule has 1 N–H and O–H groups in total. The second-order valence-electron chi connectivity index (χ2n) is 5.23. The van der Waals surface area contributed by atoms with Crippen LogP contribution in [-0.4, -0.2) is 29.6 Å². The summed E-state index contributed by atoms with van der Waals surface area (Å²) in [5.41, 5.74) is 0. The van der Waals surface area contributed by atoms with Crippen molar-refractivity contribution in [3.63, 3.8) is 0 Å². The second-order valence-corrected chi connectivity index (χ2v) is 5.23. The van der Waals surface area contributed by atoms with Crippen LogP contribution in [-0.2, 0) is 0 Å². The average Bonchev–Trinajstić information content (AvgIpc) is 2.39. The minimum Gasteiger partial charge on any atom is -0.370 e. The zero-order chi connectivity index (χ0) is 13.0. The summed E-state index contributed by atoms with van der Waals surface area (Å²) in [5.74, 6) is 2.69. The van der Waals surface area contributed by atoms with Crippen LogP contribution in [0.25, 0.3) is 0 Å². The SMILES string of the molecule is CCNc1cc(N(C)C2CCCCC2C)ncn1. The third-order valence-electron chi connectivity index (χ3n) is 3.94. The van der Waals surface area contributed by atoms with Crippen molar-refractivity contribution in [3.05, 3.63) is 12.4 Å². The maximum Gasteiger partial charge on any atom is 0.134 e. The van der Waals surface area contributed by atoms with Gasteiger partial charge in [0.05, 0.1) is 0 Å². The quantitative estimate of drug-likeness (QED) is 0.889. The Labute approximate surface area is 110 Å². The van der Waals surface area contributed by atoms with E-state index in [2.05, 4.69) is 41.1 Å². The molecule has 0 amide bonds. The third-order valence-corrected chi connectivity index (χ3v) is 3.94. The van der Waals surface area contributed by atoms with Crippen molar-refractivity contribution in [3.8, 4) is 0 Å². The Morgan fingerprint density at radius 3 is 2.83 bits per heavy atom. The minimum atomic E-state index is 0.614. The Kier molecular flexibility index (Phi) is 4.39. The molecule has 0 spiro atoms. The fourth-order valence-electron chi connectivity index (χ4n) is 2.86. The van der Waals surface area contributed by atoms with Crippen LogP contribution in [0.3, 0.4) is 0 Å². The standard InChI is InChI=1S/C14H24N4/c1-4-15-13-9-14(17-10-16-13)18(3)12-8-6-5-7-11(12)2/h9-12H,4-8H2,1-3H3,(H,15,16,17). The first-order valence-electron chi connectivity index (χ1n) is 7.01. The highest BCUT2D eigenvalue weighted by Gasteiger charge is 2.25. The van der Waals surface area contributed by atoms with Gasteiger partial charge in [-0.25, -0.2) is 9.97 Å². The van der Waals surface area contributed by atoms with E-state index in [9.17, 15) is 0 Å². The Balaban J connectivity index is 2.11. The molecule has 1 aliphatic carbocycles. The maximum atomic E-state index is 4.41. The highest BCUT2D eigenvalue weighted by Crippen LogP contribution is 2.29. The van der Waals surface area contributed by atoms with E-state index in [0.29, 0.717) is 6.04 Å². The molecule has 4 heteroatoms. The monoisotopic (exact) mass is 248 g/mol. The van der Waals surface area contributed by atoms with Gasteiger partial charge in [0.2, 0.25) is 0 Å². The summed E-state index contributed by atoms with van der Waals surface area (Å²) in [6.45, 7) is 5.32. The Morgan fingerprint density at radius 2 is 2.11 bits per heavy atom. The molecule has 0 aliphatic heterocycles. The molecule has 0 aromatic carbocycles. The topological polar surface area (TPSA) is 41.0 Å². The molecule has 2 unspecified atom stereocenters. The summed E-state index contributed by atoms with van der Waals surface area (Å²) < 4.78 is 0. The summed E-state index contributed by atoms with van der Waals surface area (Å²) in [7, 11) is 2.16. The Bertz CT molecular complexity index is 380. The summed E-state index contributed by atoms with van der Waals surface area (Å²) in [4.78, 5) is 11.0. The molecule has 1 aliphatic rings. The van der Waals surface area contributed by atoms with E-state index in [1.54, 1.807) is 6.33 Å². The van der Waals surface area contributed by atoms with Gasteiger partial charge in [0.25, 0.3) is 0 Å². The molecule has 1 fully saturated rings. The predicted octanol–water partition coefficient (Wildman–Crippen LogP) is 2.92. The first kappa shape index (κ1) is 13.1. The molecule has 4 nitrogen and oxygen atoms in total. The molecule has 18 heavy (non-hydrogen) atoms. The zero-order valence-electron chi connectivity index (χ0n) is 11.7. The van der Waals surface area contributed by atoms with Crippen molar-refractivity contribution in [1.29, 1.82) is 0 Å². The number of nitrogens with zero attached hydrogens (tertiary/aromatic N) is 3. The van der Waals surface area contributed by atoms with Crippen LogP contribution in [0.15, 0.2) is 12.4 Å². The van der Waals surface area contributed by atoms with Crippen LogP contribution in [0.4, 0.5) is 11.6 Å². The van der Waals surface area contributed by atoms with Crippen molar-refractivity contribution in [1.82, 2.24) is 9.97 Å². The van der Waals surface area contributed by atoms with Gasteiger partial charge >= 0.3 is 0 Å². The average molecular weight is 248 g/mol. The van der Waals surface area contributed by atoms with E-state index in [1.807, 2.05) is 6.07 Å². The Morgan fingerprint density at radius 1 is 1.33 bits per heavy atom. The first-order valence-corrected chi connectivity index (χ1v) is 7.01. The molecule has 0 radical (unpaired) electrons. The molecule has 1 aromatic heterocycles. The maximum absolute atomic E-state index is 4.41. The number of hydrogen-bond acceptors (Lipinski definition) is 4. The van der Waals surface area contributed by atoms with E-state index in [-0.39, 0.29) is 0 Å². The fourth-order valence-corrected chi connectivity index (χ4v) is 2.86. The van der Waals surface area contributed by atoms with E-state index < -0.39 is 0 Å². The van der Waals surface area contributed by atoms with E-state index in [1.165, 1.54) is 25.7 Å².